The number of alkyl halides is 3. The summed E-state index contributed by atoms with van der Waals surface area (Å²) in [4.78, 5) is 17.3. The van der Waals surface area contributed by atoms with E-state index in [2.05, 4.69) is 10.1 Å². The molecule has 0 amide bonds. The van der Waals surface area contributed by atoms with Crippen LogP contribution in [0, 0.1) is 0 Å². The van der Waals surface area contributed by atoms with Crippen LogP contribution in [-0.4, -0.2) is 39.5 Å². The molecule has 0 N–H and O–H groups in total. The topological polar surface area (TPSA) is 51.0 Å². The number of hydrogen-bond acceptors (Lipinski definition) is 4. The van der Waals surface area contributed by atoms with Crippen LogP contribution in [0.3, 0.4) is 0 Å². The Bertz CT molecular complexity index is 735. The molecule has 0 fully saturated rings. The third-order valence-electron chi connectivity index (χ3n) is 2.71. The molecule has 0 atom stereocenters. The Morgan fingerprint density at radius 3 is 2.35 bits per heavy atom. The molecule has 1 aromatic carbocycles. The van der Waals surface area contributed by atoms with Crippen LogP contribution in [0.1, 0.15) is 16.2 Å². The number of rotatable bonds is 4. The maximum Gasteiger partial charge on any atom is 0.453 e. The standard InChI is InChI=1S/C14H12ClF3N4O/c1-21(2)7-11(12(23)9-3-5-10(15)6-4-9)22-8-19-13(20-22)14(16,17)18/h3-8H,1-2H3/b11-7+. The van der Waals surface area contributed by atoms with Gasteiger partial charge in [-0.05, 0) is 24.3 Å². The van der Waals surface area contributed by atoms with Crippen molar-refractivity contribution in [3.8, 4) is 0 Å². The van der Waals surface area contributed by atoms with Crippen LogP contribution in [0.4, 0.5) is 13.2 Å². The molecule has 0 bridgehead atoms. The van der Waals surface area contributed by atoms with Crippen LogP contribution in [0.15, 0.2) is 36.8 Å². The van der Waals surface area contributed by atoms with Gasteiger partial charge in [-0.3, -0.25) is 4.79 Å². The number of carbonyl (C=O) groups excluding carboxylic acids is 1. The quantitative estimate of drug-likeness (QED) is 0.631. The number of nitrogens with zero attached hydrogens (tertiary/aromatic N) is 4. The lowest BCUT2D eigenvalue weighted by atomic mass is 10.1. The van der Waals surface area contributed by atoms with E-state index in [0.29, 0.717) is 5.02 Å². The van der Waals surface area contributed by atoms with Crippen LogP contribution in [-0.2, 0) is 6.18 Å². The van der Waals surface area contributed by atoms with E-state index in [0.717, 1.165) is 11.0 Å². The van der Waals surface area contributed by atoms with Crippen molar-refractivity contribution >= 4 is 23.1 Å². The van der Waals surface area contributed by atoms with Crippen molar-refractivity contribution in [3.63, 3.8) is 0 Å². The van der Waals surface area contributed by atoms with E-state index in [-0.39, 0.29) is 11.3 Å². The molecule has 0 unspecified atom stereocenters. The molecular formula is C14H12ClF3N4O. The summed E-state index contributed by atoms with van der Waals surface area (Å²) < 4.78 is 38.7. The maximum atomic E-state index is 12.6. The summed E-state index contributed by atoms with van der Waals surface area (Å²) >= 11 is 5.76. The molecule has 23 heavy (non-hydrogen) atoms. The zero-order valence-electron chi connectivity index (χ0n) is 12.2. The normalized spacial score (nSPS) is 12.3. The summed E-state index contributed by atoms with van der Waals surface area (Å²) in [5, 5.41) is 3.78. The molecule has 1 heterocycles. The molecule has 122 valence electrons. The Balaban J connectivity index is 2.44. The second kappa shape index (κ2) is 6.41. The zero-order chi connectivity index (χ0) is 17.2. The van der Waals surface area contributed by atoms with Crippen molar-refractivity contribution < 1.29 is 18.0 Å². The van der Waals surface area contributed by atoms with Gasteiger partial charge < -0.3 is 4.90 Å². The second-order valence-electron chi connectivity index (χ2n) is 4.82. The van der Waals surface area contributed by atoms with Crippen molar-refractivity contribution in [3.05, 3.63) is 53.2 Å². The summed E-state index contributed by atoms with van der Waals surface area (Å²) in [7, 11) is 3.27. The molecule has 2 rings (SSSR count). The highest BCUT2D eigenvalue weighted by atomic mass is 35.5. The number of aromatic nitrogens is 3. The molecule has 2 aromatic rings. The Hall–Kier alpha value is -2.35. The van der Waals surface area contributed by atoms with Gasteiger partial charge in [0.2, 0.25) is 5.78 Å². The zero-order valence-corrected chi connectivity index (χ0v) is 12.9. The minimum absolute atomic E-state index is 0.0691. The van der Waals surface area contributed by atoms with E-state index in [1.165, 1.54) is 35.4 Å². The van der Waals surface area contributed by atoms with E-state index >= 15 is 0 Å². The highest BCUT2D eigenvalue weighted by Gasteiger charge is 2.36. The monoisotopic (exact) mass is 344 g/mol. The highest BCUT2D eigenvalue weighted by Crippen LogP contribution is 2.26. The van der Waals surface area contributed by atoms with Crippen molar-refractivity contribution in [2.45, 2.75) is 6.18 Å². The van der Waals surface area contributed by atoms with Gasteiger partial charge in [0, 0.05) is 30.9 Å². The molecule has 0 saturated heterocycles. The molecular weight excluding hydrogens is 333 g/mol. The van der Waals surface area contributed by atoms with Crippen LogP contribution >= 0.6 is 11.6 Å². The van der Waals surface area contributed by atoms with Gasteiger partial charge in [-0.2, -0.15) is 13.2 Å². The highest BCUT2D eigenvalue weighted by molar-refractivity contribution is 6.31. The average Bonchev–Trinajstić information content (AvgIpc) is 2.94. The lowest BCUT2D eigenvalue weighted by molar-refractivity contribution is -0.144. The summed E-state index contributed by atoms with van der Waals surface area (Å²) in [6.45, 7) is 0. The summed E-state index contributed by atoms with van der Waals surface area (Å²) in [6.07, 6.45) is -2.46. The Labute approximate surface area is 135 Å². The average molecular weight is 345 g/mol. The van der Waals surface area contributed by atoms with Gasteiger partial charge in [0.05, 0.1) is 0 Å². The Morgan fingerprint density at radius 2 is 1.87 bits per heavy atom. The number of benzene rings is 1. The number of carbonyl (C=O) groups is 1. The lowest BCUT2D eigenvalue weighted by Gasteiger charge is -2.11. The number of ketones is 1. The molecule has 0 saturated carbocycles. The lowest BCUT2D eigenvalue weighted by Crippen LogP contribution is -2.16. The van der Waals surface area contributed by atoms with E-state index in [4.69, 9.17) is 11.6 Å². The van der Waals surface area contributed by atoms with Crippen molar-refractivity contribution in [1.29, 1.82) is 0 Å². The summed E-state index contributed by atoms with van der Waals surface area (Å²) in [5.41, 5.74) is 0.201. The van der Waals surface area contributed by atoms with E-state index in [1.54, 1.807) is 14.1 Å². The number of Topliss-reactive ketones (excluding diaryl/α,β-unsaturated/α-hetero) is 1. The Morgan fingerprint density at radius 1 is 1.26 bits per heavy atom. The minimum atomic E-state index is -4.68. The summed E-state index contributed by atoms with van der Waals surface area (Å²) in [6, 6.07) is 6.00. The fourth-order valence-corrected chi connectivity index (χ4v) is 1.85. The molecule has 0 aliphatic rings. The van der Waals surface area contributed by atoms with Crippen molar-refractivity contribution in [1.82, 2.24) is 19.7 Å². The second-order valence-corrected chi connectivity index (χ2v) is 5.26. The predicted molar refractivity (Wildman–Crippen MR) is 78.8 cm³/mol. The largest absolute Gasteiger partial charge is 0.453 e. The minimum Gasteiger partial charge on any atom is -0.382 e. The van der Waals surface area contributed by atoms with E-state index in [9.17, 15) is 18.0 Å². The van der Waals surface area contributed by atoms with Gasteiger partial charge in [-0.25, -0.2) is 9.67 Å². The number of hydrogen-bond donors (Lipinski definition) is 0. The van der Waals surface area contributed by atoms with Gasteiger partial charge >= 0.3 is 6.18 Å². The van der Waals surface area contributed by atoms with E-state index < -0.39 is 17.8 Å². The smallest absolute Gasteiger partial charge is 0.382 e. The van der Waals surface area contributed by atoms with Gasteiger partial charge in [0.15, 0.2) is 0 Å². The van der Waals surface area contributed by atoms with Crippen LogP contribution in [0.25, 0.3) is 5.70 Å². The molecule has 0 radical (unpaired) electrons. The first-order chi connectivity index (χ1) is 10.7. The van der Waals surface area contributed by atoms with Crippen molar-refractivity contribution in [2.75, 3.05) is 14.1 Å². The van der Waals surface area contributed by atoms with Crippen LogP contribution < -0.4 is 0 Å². The molecule has 0 spiro atoms. The third kappa shape index (κ3) is 4.10. The first-order valence-corrected chi connectivity index (χ1v) is 6.74. The molecule has 0 aliphatic heterocycles. The Kier molecular flexibility index (Phi) is 4.74. The van der Waals surface area contributed by atoms with E-state index in [1.807, 2.05) is 0 Å². The number of halogens is 4. The number of allylic oxidation sites excluding steroid dienone is 1. The van der Waals surface area contributed by atoms with Gasteiger partial charge in [0.1, 0.15) is 12.0 Å². The van der Waals surface area contributed by atoms with Gasteiger partial charge in [0.25, 0.3) is 5.82 Å². The van der Waals surface area contributed by atoms with Crippen LogP contribution in [0.5, 0.6) is 0 Å². The predicted octanol–water partition coefficient (Wildman–Crippen LogP) is 3.19. The van der Waals surface area contributed by atoms with Crippen LogP contribution in [0.2, 0.25) is 5.02 Å². The third-order valence-corrected chi connectivity index (χ3v) is 2.96. The maximum absolute atomic E-state index is 12.6. The van der Waals surface area contributed by atoms with Gasteiger partial charge in [-0.15, -0.1) is 5.10 Å². The molecule has 0 aliphatic carbocycles. The SMILES string of the molecule is CN(C)/C=C(\C(=O)c1ccc(Cl)cc1)n1cnc(C(F)(F)F)n1. The first-order valence-electron chi connectivity index (χ1n) is 6.36. The molecule has 5 nitrogen and oxygen atoms in total. The fraction of sp³-hybridized carbons (Fsp3) is 0.214. The molecule has 1 aromatic heterocycles. The fourth-order valence-electron chi connectivity index (χ4n) is 1.72. The van der Waals surface area contributed by atoms with Gasteiger partial charge in [-0.1, -0.05) is 11.6 Å². The summed E-state index contributed by atoms with van der Waals surface area (Å²) in [5.74, 6) is -1.82. The molecule has 9 heteroatoms. The van der Waals surface area contributed by atoms with Crippen molar-refractivity contribution in [2.24, 2.45) is 0 Å². The first kappa shape index (κ1) is 17.0.